The zero-order chi connectivity index (χ0) is 13.0. The van der Waals surface area contributed by atoms with Crippen LogP contribution in [0.5, 0.6) is 0 Å². The van der Waals surface area contributed by atoms with E-state index in [-0.39, 0.29) is 0 Å². The second kappa shape index (κ2) is 5.74. The minimum Gasteiger partial charge on any atom is -0.368 e. The maximum absolute atomic E-state index is 11.3. The third-order valence-electron chi connectivity index (χ3n) is 2.38. The van der Waals surface area contributed by atoms with E-state index < -0.39 is 10.8 Å². The number of nitrogens with one attached hydrogen (secondary N) is 3. The molecular weight excluding hydrogens is 254 g/mol. The Bertz CT molecular complexity index is 555. The van der Waals surface area contributed by atoms with Crippen molar-refractivity contribution in [2.24, 2.45) is 5.84 Å². The Morgan fingerprint density at radius 2 is 2.33 bits per heavy atom. The molecular formula is C9H15N7OS. The molecule has 0 aromatic carbocycles. The van der Waals surface area contributed by atoms with E-state index in [4.69, 9.17) is 5.84 Å². The first-order chi connectivity index (χ1) is 8.74. The summed E-state index contributed by atoms with van der Waals surface area (Å²) in [7, 11) is -0.802. The molecule has 1 atom stereocenters. The van der Waals surface area contributed by atoms with Crippen LogP contribution < -0.4 is 16.6 Å². The highest BCUT2D eigenvalue weighted by molar-refractivity contribution is 7.84. The van der Waals surface area contributed by atoms with Crippen LogP contribution in [0.25, 0.3) is 11.0 Å². The second-order valence-electron chi connectivity index (χ2n) is 3.53. The Hall–Kier alpha value is -1.74. The predicted molar refractivity (Wildman–Crippen MR) is 71.5 cm³/mol. The zero-order valence-electron chi connectivity index (χ0n) is 9.93. The Morgan fingerprint density at radius 3 is 3.06 bits per heavy atom. The zero-order valence-corrected chi connectivity index (χ0v) is 10.8. The molecule has 0 bridgehead atoms. The lowest BCUT2D eigenvalue weighted by Gasteiger charge is -2.07. The van der Waals surface area contributed by atoms with Gasteiger partial charge in [-0.3, -0.25) is 14.7 Å². The topological polar surface area (TPSA) is 122 Å². The Kier molecular flexibility index (Phi) is 4.05. The predicted octanol–water partition coefficient (Wildman–Crippen LogP) is -0.181. The van der Waals surface area contributed by atoms with Crippen molar-refractivity contribution in [2.75, 3.05) is 28.8 Å². The third-order valence-corrected chi connectivity index (χ3v) is 3.69. The summed E-state index contributed by atoms with van der Waals surface area (Å²) in [5.41, 5.74) is 2.98. The van der Waals surface area contributed by atoms with Gasteiger partial charge in [-0.15, -0.1) is 0 Å². The van der Waals surface area contributed by atoms with Gasteiger partial charge in [0.1, 0.15) is 5.82 Å². The van der Waals surface area contributed by atoms with Crippen LogP contribution in [-0.2, 0) is 10.8 Å². The van der Waals surface area contributed by atoms with Crippen LogP contribution in [-0.4, -0.2) is 42.4 Å². The number of fused-ring (bicyclic) bond motifs is 1. The van der Waals surface area contributed by atoms with Gasteiger partial charge >= 0.3 is 0 Å². The quantitative estimate of drug-likeness (QED) is 0.424. The SMILES string of the molecule is CCS(=O)CCNc1nc(NN)nc2[nH]ncc12. The molecule has 9 heteroatoms. The summed E-state index contributed by atoms with van der Waals surface area (Å²) in [6.07, 6.45) is 1.63. The molecule has 0 radical (unpaired) electrons. The Morgan fingerprint density at radius 1 is 1.50 bits per heavy atom. The number of H-pyrrole nitrogens is 1. The molecule has 8 nitrogen and oxygen atoms in total. The highest BCUT2D eigenvalue weighted by Gasteiger charge is 2.08. The lowest BCUT2D eigenvalue weighted by atomic mass is 10.4. The number of aromatic nitrogens is 4. The fourth-order valence-corrected chi connectivity index (χ4v) is 2.08. The molecule has 0 fully saturated rings. The lowest BCUT2D eigenvalue weighted by molar-refractivity contribution is 0.684. The van der Waals surface area contributed by atoms with Crippen LogP contribution in [0.3, 0.4) is 0 Å². The van der Waals surface area contributed by atoms with Gasteiger partial charge in [-0.1, -0.05) is 6.92 Å². The van der Waals surface area contributed by atoms with Crippen molar-refractivity contribution in [1.82, 2.24) is 20.2 Å². The first-order valence-electron chi connectivity index (χ1n) is 5.51. The van der Waals surface area contributed by atoms with Gasteiger partial charge in [0.05, 0.1) is 11.6 Å². The van der Waals surface area contributed by atoms with Gasteiger partial charge in [0.2, 0.25) is 5.95 Å². The molecule has 2 heterocycles. The van der Waals surface area contributed by atoms with Crippen LogP contribution in [0.1, 0.15) is 6.92 Å². The van der Waals surface area contributed by atoms with Crippen LogP contribution in [0.4, 0.5) is 11.8 Å². The summed E-state index contributed by atoms with van der Waals surface area (Å²) < 4.78 is 11.3. The van der Waals surface area contributed by atoms with Gasteiger partial charge in [0.25, 0.3) is 0 Å². The molecule has 98 valence electrons. The van der Waals surface area contributed by atoms with E-state index in [0.29, 0.717) is 35.5 Å². The number of nitrogens with zero attached hydrogens (tertiary/aromatic N) is 3. The standard InChI is InChI=1S/C9H15N7OS/c1-2-18(17)4-3-11-7-6-5-12-16-8(6)14-9(13-7)15-10/h5H,2-4,10H2,1H3,(H3,11,12,13,14,15,16). The van der Waals surface area contributed by atoms with E-state index in [1.165, 1.54) is 0 Å². The minimum absolute atomic E-state index is 0.297. The molecule has 0 aliphatic carbocycles. The van der Waals surface area contributed by atoms with Crippen LogP contribution in [0, 0.1) is 0 Å². The van der Waals surface area contributed by atoms with Crippen molar-refractivity contribution in [3.05, 3.63) is 6.20 Å². The van der Waals surface area contributed by atoms with Crippen molar-refractivity contribution >= 4 is 33.6 Å². The van der Waals surface area contributed by atoms with Crippen molar-refractivity contribution in [3.8, 4) is 0 Å². The summed E-state index contributed by atoms with van der Waals surface area (Å²) in [5.74, 6) is 7.44. The number of hydrogen-bond donors (Lipinski definition) is 4. The second-order valence-corrected chi connectivity index (χ2v) is 5.40. The van der Waals surface area contributed by atoms with E-state index in [1.54, 1.807) is 6.20 Å². The number of rotatable bonds is 6. The summed E-state index contributed by atoms with van der Waals surface area (Å²) in [6, 6.07) is 0. The lowest BCUT2D eigenvalue weighted by Crippen LogP contribution is -2.15. The first kappa shape index (κ1) is 12.7. The van der Waals surface area contributed by atoms with Crippen LogP contribution in [0.15, 0.2) is 6.20 Å². The number of nitrogen functional groups attached to an aromatic ring is 1. The van der Waals surface area contributed by atoms with Crippen molar-refractivity contribution < 1.29 is 4.21 Å². The number of nitrogens with two attached hydrogens (primary N) is 1. The monoisotopic (exact) mass is 269 g/mol. The third kappa shape index (κ3) is 2.74. The first-order valence-corrected chi connectivity index (χ1v) is 7.00. The largest absolute Gasteiger partial charge is 0.368 e. The van der Waals surface area contributed by atoms with Crippen molar-refractivity contribution in [3.63, 3.8) is 0 Å². The molecule has 2 aromatic heterocycles. The number of hydrogen-bond acceptors (Lipinski definition) is 7. The van der Waals surface area contributed by atoms with Gasteiger partial charge < -0.3 is 5.32 Å². The van der Waals surface area contributed by atoms with E-state index in [0.717, 1.165) is 5.39 Å². The van der Waals surface area contributed by atoms with Crippen molar-refractivity contribution in [1.29, 1.82) is 0 Å². The van der Waals surface area contributed by atoms with E-state index in [2.05, 4.69) is 30.9 Å². The van der Waals surface area contributed by atoms with Gasteiger partial charge in [-0.05, 0) is 0 Å². The number of hydrazine groups is 1. The van der Waals surface area contributed by atoms with E-state index >= 15 is 0 Å². The molecule has 0 spiro atoms. The van der Waals surface area contributed by atoms with Crippen LogP contribution >= 0.6 is 0 Å². The molecule has 5 N–H and O–H groups in total. The average Bonchev–Trinajstić information content (AvgIpc) is 2.86. The molecule has 0 saturated heterocycles. The fraction of sp³-hybridized carbons (Fsp3) is 0.444. The smallest absolute Gasteiger partial charge is 0.241 e. The summed E-state index contributed by atoms with van der Waals surface area (Å²) >= 11 is 0. The maximum Gasteiger partial charge on any atom is 0.241 e. The van der Waals surface area contributed by atoms with E-state index in [1.807, 2.05) is 6.92 Å². The summed E-state index contributed by atoms with van der Waals surface area (Å²) in [4.78, 5) is 8.31. The number of aromatic amines is 1. The molecule has 1 unspecified atom stereocenters. The fourth-order valence-electron chi connectivity index (χ4n) is 1.46. The Labute approximate surface area is 106 Å². The van der Waals surface area contributed by atoms with Crippen LogP contribution in [0.2, 0.25) is 0 Å². The number of anilines is 2. The summed E-state index contributed by atoms with van der Waals surface area (Å²) in [5, 5.41) is 10.5. The highest BCUT2D eigenvalue weighted by atomic mass is 32.2. The molecule has 2 aromatic rings. The highest BCUT2D eigenvalue weighted by Crippen LogP contribution is 2.19. The van der Waals surface area contributed by atoms with Gasteiger partial charge in [0, 0.05) is 28.9 Å². The molecule has 0 aliphatic rings. The molecule has 18 heavy (non-hydrogen) atoms. The maximum atomic E-state index is 11.3. The Balaban J connectivity index is 2.15. The van der Waals surface area contributed by atoms with Crippen molar-refractivity contribution in [2.45, 2.75) is 6.92 Å². The van der Waals surface area contributed by atoms with Gasteiger partial charge in [0.15, 0.2) is 5.65 Å². The minimum atomic E-state index is -0.802. The van der Waals surface area contributed by atoms with E-state index in [9.17, 15) is 4.21 Å². The van der Waals surface area contributed by atoms with Gasteiger partial charge in [-0.2, -0.15) is 15.1 Å². The average molecular weight is 269 g/mol. The molecule has 2 rings (SSSR count). The van der Waals surface area contributed by atoms with Gasteiger partial charge in [-0.25, -0.2) is 5.84 Å². The summed E-state index contributed by atoms with van der Waals surface area (Å²) in [6.45, 7) is 2.47. The molecule has 0 aliphatic heterocycles. The molecule has 0 saturated carbocycles. The normalized spacial score (nSPS) is 12.6. The molecule has 0 amide bonds.